The van der Waals surface area contributed by atoms with Crippen molar-refractivity contribution in [3.63, 3.8) is 0 Å². The van der Waals surface area contributed by atoms with E-state index in [-0.39, 0.29) is 24.4 Å². The fourth-order valence-electron chi connectivity index (χ4n) is 2.22. The smallest absolute Gasteiger partial charge is 0.239 e. The summed E-state index contributed by atoms with van der Waals surface area (Å²) < 4.78 is 10.9. The Morgan fingerprint density at radius 3 is 2.71 bits per heavy atom. The molecule has 0 aromatic heterocycles. The molecule has 1 aromatic carbocycles. The third kappa shape index (κ3) is 5.91. The summed E-state index contributed by atoms with van der Waals surface area (Å²) in [6, 6.07) is 5.84. The van der Waals surface area contributed by atoms with E-state index in [0.717, 1.165) is 12.3 Å². The zero-order valence-electron chi connectivity index (χ0n) is 12.5. The molecule has 2 rings (SSSR count). The van der Waals surface area contributed by atoms with Crippen LogP contribution in [0.2, 0.25) is 0 Å². The zero-order chi connectivity index (χ0) is 14.4. The van der Waals surface area contributed by atoms with Crippen LogP contribution in [0.1, 0.15) is 11.1 Å². The number of aryl methyl sites for hydroxylation is 2. The summed E-state index contributed by atoms with van der Waals surface area (Å²) in [6.07, 6.45) is 0. The van der Waals surface area contributed by atoms with Crippen molar-refractivity contribution in [3.05, 3.63) is 29.3 Å². The number of hydrogen-bond acceptors (Lipinski definition) is 4. The first-order valence-electron chi connectivity index (χ1n) is 6.95. The van der Waals surface area contributed by atoms with Crippen LogP contribution in [0.25, 0.3) is 0 Å². The van der Waals surface area contributed by atoms with Crippen LogP contribution in [0.5, 0.6) is 5.75 Å². The first-order valence-corrected chi connectivity index (χ1v) is 6.95. The van der Waals surface area contributed by atoms with Gasteiger partial charge in [0.25, 0.3) is 0 Å². The van der Waals surface area contributed by atoms with Crippen molar-refractivity contribution in [2.75, 3.05) is 32.9 Å². The normalized spacial score (nSPS) is 17.7. The molecular weight excluding hydrogens is 292 g/mol. The molecular formula is C15H23ClN2O3. The van der Waals surface area contributed by atoms with Gasteiger partial charge in [-0.05, 0) is 37.1 Å². The van der Waals surface area contributed by atoms with E-state index in [4.69, 9.17) is 9.47 Å². The lowest BCUT2D eigenvalue weighted by Gasteiger charge is -2.22. The standard InChI is InChI=1S/C15H22N2O3.ClH/c1-11-7-12(2)9-13(8-11)20-6-4-17-15(18)14-10-19-5-3-16-14;/h7-9,14,16H,3-6,10H2,1-2H3,(H,17,18);1H. The highest BCUT2D eigenvalue weighted by molar-refractivity contribution is 5.85. The maximum atomic E-state index is 11.8. The van der Waals surface area contributed by atoms with Gasteiger partial charge in [-0.15, -0.1) is 12.4 Å². The molecule has 1 aromatic rings. The largest absolute Gasteiger partial charge is 0.492 e. The van der Waals surface area contributed by atoms with E-state index in [1.165, 1.54) is 11.1 Å². The Balaban J connectivity index is 0.00000220. The van der Waals surface area contributed by atoms with Gasteiger partial charge >= 0.3 is 0 Å². The van der Waals surface area contributed by atoms with Gasteiger partial charge in [0.2, 0.25) is 5.91 Å². The summed E-state index contributed by atoms with van der Waals surface area (Å²) in [5, 5.41) is 5.96. The van der Waals surface area contributed by atoms with E-state index in [1.54, 1.807) is 0 Å². The van der Waals surface area contributed by atoms with Crippen LogP contribution in [-0.4, -0.2) is 44.9 Å². The summed E-state index contributed by atoms with van der Waals surface area (Å²) in [6.45, 7) is 6.85. The fourth-order valence-corrected chi connectivity index (χ4v) is 2.22. The Kier molecular flexibility index (Phi) is 7.50. The molecule has 6 heteroatoms. The molecule has 0 aliphatic carbocycles. The second kappa shape index (κ2) is 8.87. The minimum Gasteiger partial charge on any atom is -0.492 e. The predicted octanol–water partition coefficient (Wildman–Crippen LogP) is 1.21. The molecule has 5 nitrogen and oxygen atoms in total. The zero-order valence-corrected chi connectivity index (χ0v) is 13.3. The molecule has 1 unspecified atom stereocenters. The molecule has 1 heterocycles. The van der Waals surface area contributed by atoms with Crippen LogP contribution in [0.3, 0.4) is 0 Å². The van der Waals surface area contributed by atoms with Crippen molar-refractivity contribution in [1.82, 2.24) is 10.6 Å². The summed E-state index contributed by atoms with van der Waals surface area (Å²) in [4.78, 5) is 11.8. The van der Waals surface area contributed by atoms with Crippen molar-refractivity contribution >= 4 is 18.3 Å². The molecule has 1 atom stereocenters. The van der Waals surface area contributed by atoms with Gasteiger partial charge in [0.1, 0.15) is 18.4 Å². The topological polar surface area (TPSA) is 59.6 Å². The van der Waals surface area contributed by atoms with E-state index < -0.39 is 0 Å². The SMILES string of the molecule is Cc1cc(C)cc(OCCNC(=O)C2COCCN2)c1.Cl. The van der Waals surface area contributed by atoms with Gasteiger partial charge in [-0.25, -0.2) is 0 Å². The molecule has 1 fully saturated rings. The number of amides is 1. The van der Waals surface area contributed by atoms with Crippen molar-refractivity contribution in [3.8, 4) is 5.75 Å². The van der Waals surface area contributed by atoms with Gasteiger partial charge in [0.15, 0.2) is 0 Å². The Morgan fingerprint density at radius 2 is 2.10 bits per heavy atom. The number of hydrogen-bond donors (Lipinski definition) is 2. The van der Waals surface area contributed by atoms with Crippen LogP contribution in [-0.2, 0) is 9.53 Å². The molecule has 2 N–H and O–H groups in total. The molecule has 1 amide bonds. The first-order chi connectivity index (χ1) is 9.65. The fraction of sp³-hybridized carbons (Fsp3) is 0.533. The highest BCUT2D eigenvalue weighted by Crippen LogP contribution is 2.15. The van der Waals surface area contributed by atoms with Gasteiger partial charge in [-0.2, -0.15) is 0 Å². The molecule has 0 spiro atoms. The predicted molar refractivity (Wildman–Crippen MR) is 84.3 cm³/mol. The molecule has 1 aliphatic heterocycles. The lowest BCUT2D eigenvalue weighted by Crippen LogP contribution is -2.51. The van der Waals surface area contributed by atoms with Crippen molar-refractivity contribution in [2.24, 2.45) is 0 Å². The third-order valence-corrected chi connectivity index (χ3v) is 3.10. The summed E-state index contributed by atoms with van der Waals surface area (Å²) in [5.41, 5.74) is 2.35. The van der Waals surface area contributed by atoms with Crippen LogP contribution in [0.15, 0.2) is 18.2 Å². The second-order valence-electron chi connectivity index (χ2n) is 5.04. The van der Waals surface area contributed by atoms with Crippen molar-refractivity contribution < 1.29 is 14.3 Å². The van der Waals surface area contributed by atoms with Gasteiger partial charge in [0.05, 0.1) is 19.8 Å². The molecule has 1 aliphatic rings. The minimum absolute atomic E-state index is 0. The number of benzene rings is 1. The Bertz CT molecular complexity index is 442. The Labute approximate surface area is 131 Å². The number of morpholine rings is 1. The molecule has 0 radical (unpaired) electrons. The summed E-state index contributed by atoms with van der Waals surface area (Å²) >= 11 is 0. The van der Waals surface area contributed by atoms with Crippen LogP contribution in [0.4, 0.5) is 0 Å². The number of nitrogens with one attached hydrogen (secondary N) is 2. The maximum Gasteiger partial charge on any atom is 0.239 e. The van der Waals surface area contributed by atoms with E-state index >= 15 is 0 Å². The Hall–Kier alpha value is -1.30. The number of carbonyl (C=O) groups excluding carboxylic acids is 1. The van der Waals surface area contributed by atoms with Crippen molar-refractivity contribution in [2.45, 2.75) is 19.9 Å². The minimum atomic E-state index is -0.245. The molecule has 0 saturated carbocycles. The number of ether oxygens (including phenoxy) is 2. The highest BCUT2D eigenvalue weighted by atomic mass is 35.5. The third-order valence-electron chi connectivity index (χ3n) is 3.10. The first kappa shape index (κ1) is 17.8. The van der Waals surface area contributed by atoms with Crippen LogP contribution >= 0.6 is 12.4 Å². The summed E-state index contributed by atoms with van der Waals surface area (Å²) in [5.74, 6) is 0.810. The lowest BCUT2D eigenvalue weighted by molar-refractivity contribution is -0.126. The van der Waals surface area contributed by atoms with Crippen molar-refractivity contribution in [1.29, 1.82) is 0 Å². The quantitative estimate of drug-likeness (QED) is 0.802. The molecule has 118 valence electrons. The van der Waals surface area contributed by atoms with Gasteiger partial charge in [-0.1, -0.05) is 6.07 Å². The maximum absolute atomic E-state index is 11.8. The van der Waals surface area contributed by atoms with Crippen LogP contribution in [0, 0.1) is 13.8 Å². The average Bonchev–Trinajstić information content (AvgIpc) is 2.43. The monoisotopic (exact) mass is 314 g/mol. The van der Waals surface area contributed by atoms with E-state index in [0.29, 0.717) is 26.4 Å². The van der Waals surface area contributed by atoms with Crippen LogP contribution < -0.4 is 15.4 Å². The number of carbonyl (C=O) groups is 1. The highest BCUT2D eigenvalue weighted by Gasteiger charge is 2.20. The summed E-state index contributed by atoms with van der Waals surface area (Å²) in [7, 11) is 0. The lowest BCUT2D eigenvalue weighted by atomic mass is 10.1. The van der Waals surface area contributed by atoms with Gasteiger partial charge in [0, 0.05) is 6.54 Å². The molecule has 21 heavy (non-hydrogen) atoms. The number of halogens is 1. The number of rotatable bonds is 5. The van der Waals surface area contributed by atoms with E-state index in [9.17, 15) is 4.79 Å². The van der Waals surface area contributed by atoms with E-state index in [2.05, 4.69) is 16.7 Å². The van der Waals surface area contributed by atoms with Gasteiger partial charge < -0.3 is 20.1 Å². The molecule has 0 bridgehead atoms. The molecule has 1 saturated heterocycles. The Morgan fingerprint density at radius 1 is 1.38 bits per heavy atom. The van der Waals surface area contributed by atoms with Gasteiger partial charge in [-0.3, -0.25) is 4.79 Å². The van der Waals surface area contributed by atoms with E-state index in [1.807, 2.05) is 26.0 Å². The average molecular weight is 315 g/mol. The second-order valence-corrected chi connectivity index (χ2v) is 5.04.